The third-order valence-corrected chi connectivity index (χ3v) is 3.05. The molecular weight excluding hydrogens is 184 g/mol. The van der Waals surface area contributed by atoms with Gasteiger partial charge < -0.3 is 4.90 Å². The predicted molar refractivity (Wildman–Crippen MR) is 61.6 cm³/mol. The van der Waals surface area contributed by atoms with Gasteiger partial charge in [-0.05, 0) is 30.9 Å². The van der Waals surface area contributed by atoms with Gasteiger partial charge in [0, 0.05) is 12.2 Å². The fraction of sp³-hybridized carbons (Fsp3) is 0.462. The monoisotopic (exact) mass is 200 g/mol. The Kier molecular flexibility index (Phi) is 2.91. The number of nitrogens with zero attached hydrogens (tertiary/aromatic N) is 2. The molecule has 1 aromatic carbocycles. The molecule has 1 aliphatic rings. The van der Waals surface area contributed by atoms with E-state index in [4.69, 9.17) is 5.26 Å². The van der Waals surface area contributed by atoms with Crippen LogP contribution in [0.3, 0.4) is 0 Å². The fourth-order valence-corrected chi connectivity index (χ4v) is 2.19. The average molecular weight is 200 g/mol. The number of hydrogen-bond acceptors (Lipinski definition) is 2. The molecule has 1 aromatic rings. The molecule has 0 amide bonds. The van der Waals surface area contributed by atoms with Crippen LogP contribution in [0, 0.1) is 17.2 Å². The molecule has 1 fully saturated rings. The van der Waals surface area contributed by atoms with E-state index in [-0.39, 0.29) is 6.04 Å². The Morgan fingerprint density at radius 3 is 2.67 bits per heavy atom. The van der Waals surface area contributed by atoms with Crippen LogP contribution < -0.4 is 4.90 Å². The summed E-state index contributed by atoms with van der Waals surface area (Å²) in [6.07, 6.45) is 2.16. The minimum atomic E-state index is 0.0589. The van der Waals surface area contributed by atoms with Crippen molar-refractivity contribution >= 4 is 5.69 Å². The molecule has 0 unspecified atom stereocenters. The van der Waals surface area contributed by atoms with Crippen LogP contribution in [0.2, 0.25) is 0 Å². The Bertz CT molecular complexity index is 353. The number of benzene rings is 1. The van der Waals surface area contributed by atoms with Crippen molar-refractivity contribution in [1.82, 2.24) is 0 Å². The highest BCUT2D eigenvalue weighted by molar-refractivity contribution is 5.49. The summed E-state index contributed by atoms with van der Waals surface area (Å²) in [5.41, 5.74) is 1.18. The third kappa shape index (κ3) is 2.12. The first kappa shape index (κ1) is 10.0. The van der Waals surface area contributed by atoms with Gasteiger partial charge in [-0.15, -0.1) is 0 Å². The average Bonchev–Trinajstić information content (AvgIpc) is 2.30. The highest BCUT2D eigenvalue weighted by Crippen LogP contribution is 2.26. The molecule has 0 aliphatic carbocycles. The zero-order valence-electron chi connectivity index (χ0n) is 9.06. The number of para-hydroxylation sites is 1. The van der Waals surface area contributed by atoms with Crippen LogP contribution in [-0.4, -0.2) is 12.6 Å². The lowest BCUT2D eigenvalue weighted by Crippen LogP contribution is -2.42. The molecule has 0 spiro atoms. The summed E-state index contributed by atoms with van der Waals surface area (Å²) in [5.74, 6) is 0.690. The molecule has 2 nitrogen and oxygen atoms in total. The third-order valence-electron chi connectivity index (χ3n) is 3.05. The summed E-state index contributed by atoms with van der Waals surface area (Å²) >= 11 is 0. The Labute approximate surface area is 91.1 Å². The second-order valence-corrected chi connectivity index (χ2v) is 4.32. The van der Waals surface area contributed by atoms with Crippen molar-refractivity contribution in [3.05, 3.63) is 30.3 Å². The molecule has 1 saturated heterocycles. The van der Waals surface area contributed by atoms with Gasteiger partial charge in [0.1, 0.15) is 6.04 Å². The zero-order valence-corrected chi connectivity index (χ0v) is 9.06. The molecule has 2 atom stereocenters. The van der Waals surface area contributed by atoms with Crippen molar-refractivity contribution in [2.45, 2.75) is 25.8 Å². The van der Waals surface area contributed by atoms with Gasteiger partial charge in [0.25, 0.3) is 0 Å². The molecule has 2 rings (SSSR count). The van der Waals surface area contributed by atoms with Crippen LogP contribution in [-0.2, 0) is 0 Å². The Morgan fingerprint density at radius 1 is 1.27 bits per heavy atom. The topological polar surface area (TPSA) is 27.0 Å². The van der Waals surface area contributed by atoms with E-state index >= 15 is 0 Å². The van der Waals surface area contributed by atoms with E-state index in [0.717, 1.165) is 13.0 Å². The van der Waals surface area contributed by atoms with Gasteiger partial charge in [0.15, 0.2) is 0 Å². The highest BCUT2D eigenvalue weighted by Gasteiger charge is 2.25. The lowest BCUT2D eigenvalue weighted by molar-refractivity contribution is 0.412. The molecule has 2 heteroatoms. The van der Waals surface area contributed by atoms with Crippen LogP contribution in [0.1, 0.15) is 19.8 Å². The molecule has 0 N–H and O–H groups in total. The summed E-state index contributed by atoms with van der Waals surface area (Å²) in [5, 5.41) is 9.12. The van der Waals surface area contributed by atoms with Gasteiger partial charge in [0.2, 0.25) is 0 Å². The van der Waals surface area contributed by atoms with E-state index in [1.165, 1.54) is 12.1 Å². The van der Waals surface area contributed by atoms with Crippen LogP contribution in [0.25, 0.3) is 0 Å². The molecule has 78 valence electrons. The van der Waals surface area contributed by atoms with E-state index in [9.17, 15) is 0 Å². The van der Waals surface area contributed by atoms with Gasteiger partial charge >= 0.3 is 0 Å². The van der Waals surface area contributed by atoms with Crippen molar-refractivity contribution in [2.75, 3.05) is 11.4 Å². The summed E-state index contributed by atoms with van der Waals surface area (Å²) in [6, 6.07) is 12.7. The van der Waals surface area contributed by atoms with E-state index < -0.39 is 0 Å². The fourth-order valence-electron chi connectivity index (χ4n) is 2.19. The van der Waals surface area contributed by atoms with Crippen molar-refractivity contribution in [3.8, 4) is 6.07 Å². The van der Waals surface area contributed by atoms with Crippen LogP contribution in [0.15, 0.2) is 30.3 Å². The number of piperidine rings is 1. The van der Waals surface area contributed by atoms with Crippen molar-refractivity contribution in [2.24, 2.45) is 5.92 Å². The maximum atomic E-state index is 9.12. The largest absolute Gasteiger partial charge is 0.355 e. The Morgan fingerprint density at radius 2 is 2.00 bits per heavy atom. The van der Waals surface area contributed by atoms with Gasteiger partial charge in [0.05, 0.1) is 6.07 Å². The summed E-state index contributed by atoms with van der Waals surface area (Å²) < 4.78 is 0. The molecule has 0 bridgehead atoms. The minimum absolute atomic E-state index is 0.0589. The molecule has 0 radical (unpaired) electrons. The van der Waals surface area contributed by atoms with Gasteiger partial charge in [-0.2, -0.15) is 5.26 Å². The Balaban J connectivity index is 2.22. The quantitative estimate of drug-likeness (QED) is 0.697. The zero-order chi connectivity index (χ0) is 10.7. The van der Waals surface area contributed by atoms with Crippen molar-refractivity contribution < 1.29 is 0 Å². The standard InChI is InChI=1S/C13H16N2/c1-11-7-8-13(9-14)15(10-11)12-5-3-2-4-6-12/h2-6,11,13H,7-8,10H2,1H3/t11-,13-/m1/s1. The molecule has 0 saturated carbocycles. The van der Waals surface area contributed by atoms with Crippen molar-refractivity contribution in [1.29, 1.82) is 5.26 Å². The minimum Gasteiger partial charge on any atom is -0.355 e. The SMILES string of the molecule is C[C@@H]1CC[C@H](C#N)N(c2ccccc2)C1. The summed E-state index contributed by atoms with van der Waals surface area (Å²) in [4.78, 5) is 2.23. The number of anilines is 1. The molecular formula is C13H16N2. The van der Waals surface area contributed by atoms with E-state index in [2.05, 4.69) is 30.0 Å². The molecule has 0 aromatic heterocycles. The van der Waals surface area contributed by atoms with Crippen molar-refractivity contribution in [3.63, 3.8) is 0 Å². The van der Waals surface area contributed by atoms with Gasteiger partial charge in [-0.1, -0.05) is 25.1 Å². The first-order valence-corrected chi connectivity index (χ1v) is 5.52. The van der Waals surface area contributed by atoms with Crippen LogP contribution in [0.4, 0.5) is 5.69 Å². The number of nitriles is 1. The van der Waals surface area contributed by atoms with E-state index in [0.29, 0.717) is 5.92 Å². The smallest absolute Gasteiger partial charge is 0.116 e. The maximum Gasteiger partial charge on any atom is 0.116 e. The summed E-state index contributed by atoms with van der Waals surface area (Å²) in [7, 11) is 0. The normalized spacial score (nSPS) is 26.0. The second kappa shape index (κ2) is 4.35. The molecule has 1 aliphatic heterocycles. The number of hydrogen-bond donors (Lipinski definition) is 0. The molecule has 15 heavy (non-hydrogen) atoms. The first-order chi connectivity index (χ1) is 7.31. The van der Waals surface area contributed by atoms with Gasteiger partial charge in [-0.25, -0.2) is 0 Å². The second-order valence-electron chi connectivity index (χ2n) is 4.32. The first-order valence-electron chi connectivity index (χ1n) is 5.52. The highest BCUT2D eigenvalue weighted by atomic mass is 15.2. The van der Waals surface area contributed by atoms with Gasteiger partial charge in [-0.3, -0.25) is 0 Å². The predicted octanol–water partition coefficient (Wildman–Crippen LogP) is 2.82. The van der Waals surface area contributed by atoms with E-state index in [1.54, 1.807) is 0 Å². The Hall–Kier alpha value is -1.49. The van der Waals surface area contributed by atoms with E-state index in [1.807, 2.05) is 18.2 Å². The maximum absolute atomic E-state index is 9.12. The lowest BCUT2D eigenvalue weighted by atomic mass is 9.94. The van der Waals surface area contributed by atoms with Crippen LogP contribution in [0.5, 0.6) is 0 Å². The lowest BCUT2D eigenvalue weighted by Gasteiger charge is -2.36. The molecule has 1 heterocycles. The number of rotatable bonds is 1. The van der Waals surface area contributed by atoms with Crippen LogP contribution >= 0.6 is 0 Å². The summed E-state index contributed by atoms with van der Waals surface area (Å²) in [6.45, 7) is 3.26.